The van der Waals surface area contributed by atoms with E-state index in [1.807, 2.05) is 105 Å². The molecule has 0 fully saturated rings. The van der Waals surface area contributed by atoms with Gasteiger partial charge in [-0.2, -0.15) is 5.10 Å². The predicted octanol–water partition coefficient (Wildman–Crippen LogP) is 7.38. The van der Waals surface area contributed by atoms with Crippen molar-refractivity contribution in [1.29, 1.82) is 0 Å². The molecule has 0 saturated carbocycles. The normalized spacial score (nSPS) is 14.4. The number of aromatic amines is 1. The first kappa shape index (κ1) is 25.7. The van der Waals surface area contributed by atoms with Gasteiger partial charge in [0.2, 0.25) is 0 Å². The molecule has 0 aliphatic carbocycles. The van der Waals surface area contributed by atoms with Crippen LogP contribution in [-0.2, 0) is 13.2 Å². The Kier molecular flexibility index (Phi) is 6.78. The first-order valence-corrected chi connectivity index (χ1v) is 13.5. The Balaban J connectivity index is 1.41. The standard InChI is InChI=1S/C33H28ClN3O3/c1-20-16-21(2)32(38)26(17-20)29-28-30(36-35-29)33(39)37(18-24-10-6-7-11-27(24)34)31(28)23-12-14-25(15-13-23)40-19-22-8-4-3-5-9-22/h3-17,31,38H,18-19H2,1-2H3,(H,35,36). The maximum atomic E-state index is 13.8. The highest BCUT2D eigenvalue weighted by molar-refractivity contribution is 6.31. The summed E-state index contributed by atoms with van der Waals surface area (Å²) in [4.78, 5) is 15.6. The number of benzene rings is 4. The average Bonchev–Trinajstić information content (AvgIpc) is 3.50. The molecule has 1 aliphatic heterocycles. The smallest absolute Gasteiger partial charge is 0.273 e. The minimum absolute atomic E-state index is 0.153. The van der Waals surface area contributed by atoms with Crippen molar-refractivity contribution in [3.63, 3.8) is 0 Å². The number of aromatic nitrogens is 2. The molecule has 0 saturated heterocycles. The van der Waals surface area contributed by atoms with Gasteiger partial charge in [-0.15, -0.1) is 0 Å². The van der Waals surface area contributed by atoms with E-state index in [0.29, 0.717) is 35.1 Å². The first-order chi connectivity index (χ1) is 19.4. The zero-order valence-corrected chi connectivity index (χ0v) is 22.9. The number of halogens is 1. The molecule has 1 amide bonds. The van der Waals surface area contributed by atoms with Crippen LogP contribution >= 0.6 is 11.6 Å². The van der Waals surface area contributed by atoms with Gasteiger partial charge in [0.15, 0.2) is 0 Å². The van der Waals surface area contributed by atoms with Crippen molar-refractivity contribution >= 4 is 17.5 Å². The van der Waals surface area contributed by atoms with Gasteiger partial charge in [-0.05, 0) is 65.9 Å². The number of aromatic hydroxyl groups is 1. The summed E-state index contributed by atoms with van der Waals surface area (Å²) in [6, 6.07) is 28.7. The van der Waals surface area contributed by atoms with Gasteiger partial charge in [0.05, 0.1) is 6.04 Å². The van der Waals surface area contributed by atoms with E-state index < -0.39 is 6.04 Å². The molecule has 0 spiro atoms. The number of aryl methyl sites for hydroxylation is 2. The Hall–Kier alpha value is -4.55. The number of nitrogens with one attached hydrogen (secondary N) is 1. The van der Waals surface area contributed by atoms with Crippen molar-refractivity contribution in [1.82, 2.24) is 15.1 Å². The molecule has 2 N–H and O–H groups in total. The van der Waals surface area contributed by atoms with Crippen molar-refractivity contribution in [3.05, 3.63) is 135 Å². The van der Waals surface area contributed by atoms with Gasteiger partial charge in [0.1, 0.15) is 29.5 Å². The molecular formula is C33H28ClN3O3. The van der Waals surface area contributed by atoms with Gasteiger partial charge in [-0.25, -0.2) is 0 Å². The second kappa shape index (κ2) is 10.5. The second-order valence-corrected chi connectivity index (χ2v) is 10.5. The van der Waals surface area contributed by atoms with Crippen LogP contribution in [0.25, 0.3) is 11.3 Å². The van der Waals surface area contributed by atoms with Crippen LogP contribution in [0.5, 0.6) is 11.5 Å². The zero-order chi connectivity index (χ0) is 27.8. The van der Waals surface area contributed by atoms with Gasteiger partial charge < -0.3 is 14.7 Å². The number of amides is 1. The number of phenolic OH excluding ortho intramolecular Hbond substituents is 1. The Morgan fingerprint density at radius 1 is 0.975 bits per heavy atom. The van der Waals surface area contributed by atoms with E-state index in [0.717, 1.165) is 39.1 Å². The molecule has 5 aromatic rings. The third kappa shape index (κ3) is 4.71. The SMILES string of the molecule is Cc1cc(C)c(O)c(-c2n[nH]c3c2C(c2ccc(OCc4ccccc4)cc2)N(Cc2ccccc2Cl)C3=O)c1. The van der Waals surface area contributed by atoms with E-state index in [2.05, 4.69) is 10.2 Å². The number of carbonyl (C=O) groups is 1. The number of fused-ring (bicyclic) bond motifs is 1. The monoisotopic (exact) mass is 549 g/mol. The molecule has 4 aromatic carbocycles. The molecule has 1 unspecified atom stereocenters. The lowest BCUT2D eigenvalue weighted by atomic mass is 9.94. The van der Waals surface area contributed by atoms with E-state index in [1.54, 1.807) is 4.90 Å². The van der Waals surface area contributed by atoms with Crippen LogP contribution in [0, 0.1) is 13.8 Å². The fraction of sp³-hybridized carbons (Fsp3) is 0.152. The molecule has 200 valence electrons. The van der Waals surface area contributed by atoms with E-state index >= 15 is 0 Å². The summed E-state index contributed by atoms with van der Waals surface area (Å²) < 4.78 is 6.01. The fourth-order valence-corrected chi connectivity index (χ4v) is 5.54. The summed E-state index contributed by atoms with van der Waals surface area (Å²) in [7, 11) is 0. The molecule has 6 nitrogen and oxygen atoms in total. The molecule has 7 heteroatoms. The maximum absolute atomic E-state index is 13.8. The number of ether oxygens (including phenoxy) is 1. The highest BCUT2D eigenvalue weighted by atomic mass is 35.5. The Labute approximate surface area is 237 Å². The van der Waals surface area contributed by atoms with Gasteiger partial charge in [0.25, 0.3) is 5.91 Å². The summed E-state index contributed by atoms with van der Waals surface area (Å²) in [6.07, 6.45) is 0. The van der Waals surface area contributed by atoms with Crippen molar-refractivity contribution in [2.24, 2.45) is 0 Å². The lowest BCUT2D eigenvalue weighted by Crippen LogP contribution is -2.29. The zero-order valence-electron chi connectivity index (χ0n) is 22.2. The van der Waals surface area contributed by atoms with Gasteiger partial charge >= 0.3 is 0 Å². The van der Waals surface area contributed by atoms with E-state index in [-0.39, 0.29) is 11.7 Å². The van der Waals surface area contributed by atoms with Crippen molar-refractivity contribution in [2.45, 2.75) is 33.0 Å². The second-order valence-electron chi connectivity index (χ2n) is 10.1. The van der Waals surface area contributed by atoms with Crippen LogP contribution < -0.4 is 4.74 Å². The molecule has 1 atom stereocenters. The predicted molar refractivity (Wildman–Crippen MR) is 156 cm³/mol. The summed E-state index contributed by atoms with van der Waals surface area (Å²) in [5.74, 6) is 0.710. The lowest BCUT2D eigenvalue weighted by Gasteiger charge is -2.27. The summed E-state index contributed by atoms with van der Waals surface area (Å²) >= 11 is 6.51. The number of hydrogen-bond donors (Lipinski definition) is 2. The van der Waals surface area contributed by atoms with E-state index in [4.69, 9.17) is 16.3 Å². The maximum Gasteiger partial charge on any atom is 0.273 e. The molecule has 1 aliphatic rings. The number of hydrogen-bond acceptors (Lipinski definition) is 4. The van der Waals surface area contributed by atoms with Gasteiger partial charge in [-0.3, -0.25) is 9.89 Å². The van der Waals surface area contributed by atoms with Crippen LogP contribution in [0.2, 0.25) is 5.02 Å². The first-order valence-electron chi connectivity index (χ1n) is 13.1. The Morgan fingerprint density at radius 2 is 1.70 bits per heavy atom. The number of nitrogens with zero attached hydrogens (tertiary/aromatic N) is 2. The lowest BCUT2D eigenvalue weighted by molar-refractivity contribution is 0.0730. The number of phenols is 1. The number of rotatable bonds is 7. The highest BCUT2D eigenvalue weighted by Crippen LogP contribution is 2.46. The highest BCUT2D eigenvalue weighted by Gasteiger charge is 2.42. The van der Waals surface area contributed by atoms with Gasteiger partial charge in [0, 0.05) is 22.7 Å². The van der Waals surface area contributed by atoms with Crippen molar-refractivity contribution < 1.29 is 14.6 Å². The summed E-state index contributed by atoms with van der Waals surface area (Å²) in [5, 5.41) is 19.1. The van der Waals surface area contributed by atoms with Crippen LogP contribution in [0.1, 0.15) is 49.9 Å². The van der Waals surface area contributed by atoms with Crippen LogP contribution in [0.15, 0.2) is 91.0 Å². The summed E-state index contributed by atoms with van der Waals surface area (Å²) in [5.41, 5.74) is 6.87. The minimum Gasteiger partial charge on any atom is -0.507 e. The summed E-state index contributed by atoms with van der Waals surface area (Å²) in [6.45, 7) is 4.61. The van der Waals surface area contributed by atoms with E-state index in [9.17, 15) is 9.90 Å². The Bertz CT molecular complexity index is 1700. The molecule has 0 bridgehead atoms. The average molecular weight is 550 g/mol. The third-order valence-corrected chi connectivity index (χ3v) is 7.68. The van der Waals surface area contributed by atoms with Gasteiger partial charge in [-0.1, -0.05) is 78.3 Å². The van der Waals surface area contributed by atoms with Crippen molar-refractivity contribution in [3.8, 4) is 22.8 Å². The molecule has 0 radical (unpaired) electrons. The number of carbonyl (C=O) groups excluding carboxylic acids is 1. The fourth-order valence-electron chi connectivity index (χ4n) is 5.35. The minimum atomic E-state index is -0.448. The quantitative estimate of drug-likeness (QED) is 0.222. The topological polar surface area (TPSA) is 78.5 Å². The molecular weight excluding hydrogens is 522 g/mol. The van der Waals surface area contributed by atoms with E-state index in [1.165, 1.54) is 0 Å². The molecule has 1 aromatic heterocycles. The largest absolute Gasteiger partial charge is 0.507 e. The van der Waals surface area contributed by atoms with Crippen molar-refractivity contribution in [2.75, 3.05) is 0 Å². The number of H-pyrrole nitrogens is 1. The molecule has 2 heterocycles. The van der Waals surface area contributed by atoms with Crippen LogP contribution in [0.4, 0.5) is 0 Å². The molecule has 40 heavy (non-hydrogen) atoms. The van der Waals surface area contributed by atoms with Crippen LogP contribution in [0.3, 0.4) is 0 Å². The molecule has 6 rings (SSSR count). The Morgan fingerprint density at radius 3 is 2.45 bits per heavy atom. The third-order valence-electron chi connectivity index (χ3n) is 7.31. The van der Waals surface area contributed by atoms with Crippen LogP contribution in [-0.4, -0.2) is 26.1 Å².